The predicted molar refractivity (Wildman–Crippen MR) is 124 cm³/mol. The van der Waals surface area contributed by atoms with Crippen molar-refractivity contribution in [2.24, 2.45) is 10.9 Å². The van der Waals surface area contributed by atoms with E-state index in [-0.39, 0.29) is 11.8 Å². The smallest absolute Gasteiger partial charge is 0.124 e. The van der Waals surface area contributed by atoms with E-state index in [0.29, 0.717) is 22.4 Å². The molecule has 0 saturated heterocycles. The van der Waals surface area contributed by atoms with Crippen LogP contribution in [0.15, 0.2) is 77.8 Å². The summed E-state index contributed by atoms with van der Waals surface area (Å²) in [5.41, 5.74) is 6.66. The van der Waals surface area contributed by atoms with Crippen LogP contribution in [0.4, 0.5) is 11.4 Å². The average Bonchev–Trinajstić information content (AvgIpc) is 3.25. The maximum atomic E-state index is 9.95. The van der Waals surface area contributed by atoms with Crippen molar-refractivity contribution in [1.82, 2.24) is 0 Å². The largest absolute Gasteiger partial charge is 0.507 e. The monoisotopic (exact) mass is 414 g/mol. The molecule has 2 aliphatic rings. The Kier molecular flexibility index (Phi) is 4.84. The highest BCUT2D eigenvalue weighted by Crippen LogP contribution is 2.50. The Morgan fingerprint density at radius 3 is 2.73 bits per heavy atom. The van der Waals surface area contributed by atoms with Gasteiger partial charge in [-0.25, -0.2) is 0 Å². The molecule has 0 aromatic heterocycles. The number of aliphatic imine (C=N–C) groups is 1. The number of aromatic hydroxyl groups is 1. The first kappa shape index (κ1) is 19.0. The Balaban J connectivity index is 1.40. The van der Waals surface area contributed by atoms with Gasteiger partial charge in [0.25, 0.3) is 0 Å². The highest BCUT2D eigenvalue weighted by atomic mass is 35.5. The molecule has 3 nitrogen and oxygen atoms in total. The van der Waals surface area contributed by atoms with Crippen LogP contribution in [0.2, 0.25) is 5.02 Å². The Bertz CT molecular complexity index is 1150. The summed E-state index contributed by atoms with van der Waals surface area (Å²) in [7, 11) is 0. The van der Waals surface area contributed by atoms with E-state index in [4.69, 9.17) is 11.6 Å². The Hall–Kier alpha value is -3.04. The molecule has 1 aliphatic heterocycles. The SMILES string of the molecule is Cc1ccc2c(c1)[C@@H]1C=CC[C@@H]1[C@@H](c1ccc(N=Cc3cc(Cl)ccc3O)cc1)N2. The zero-order valence-electron chi connectivity index (χ0n) is 16.7. The zero-order valence-corrected chi connectivity index (χ0v) is 17.5. The lowest BCUT2D eigenvalue weighted by Gasteiger charge is -2.37. The van der Waals surface area contributed by atoms with Crippen molar-refractivity contribution >= 4 is 29.2 Å². The number of fused-ring (bicyclic) bond motifs is 3. The molecule has 4 heteroatoms. The minimum absolute atomic E-state index is 0.167. The van der Waals surface area contributed by atoms with Gasteiger partial charge in [0.1, 0.15) is 5.75 Å². The van der Waals surface area contributed by atoms with Crippen LogP contribution in [0.25, 0.3) is 0 Å². The van der Waals surface area contributed by atoms with E-state index in [1.54, 1.807) is 24.4 Å². The minimum Gasteiger partial charge on any atom is -0.507 e. The van der Waals surface area contributed by atoms with Gasteiger partial charge in [0.15, 0.2) is 0 Å². The molecule has 3 aromatic rings. The van der Waals surface area contributed by atoms with E-state index in [1.165, 1.54) is 22.4 Å². The van der Waals surface area contributed by atoms with Gasteiger partial charge in [0, 0.05) is 28.4 Å². The minimum atomic E-state index is 0.167. The van der Waals surface area contributed by atoms with Gasteiger partial charge in [-0.15, -0.1) is 0 Å². The molecule has 3 atom stereocenters. The molecule has 1 heterocycles. The Labute approximate surface area is 181 Å². The second kappa shape index (κ2) is 7.66. The van der Waals surface area contributed by atoms with E-state index in [9.17, 15) is 5.11 Å². The van der Waals surface area contributed by atoms with Crippen molar-refractivity contribution in [3.63, 3.8) is 0 Å². The summed E-state index contributed by atoms with van der Waals surface area (Å²) in [5.74, 6) is 1.16. The van der Waals surface area contributed by atoms with Gasteiger partial charge in [-0.2, -0.15) is 0 Å². The first-order valence-corrected chi connectivity index (χ1v) is 10.6. The third-order valence-electron chi connectivity index (χ3n) is 6.11. The lowest BCUT2D eigenvalue weighted by Crippen LogP contribution is -2.29. The third-order valence-corrected chi connectivity index (χ3v) is 6.35. The molecule has 0 fully saturated rings. The molecule has 0 bridgehead atoms. The van der Waals surface area contributed by atoms with E-state index >= 15 is 0 Å². The fourth-order valence-electron chi connectivity index (χ4n) is 4.58. The summed E-state index contributed by atoms with van der Waals surface area (Å²) in [4.78, 5) is 4.50. The number of halogens is 1. The van der Waals surface area contributed by atoms with E-state index in [2.05, 4.69) is 59.7 Å². The quantitative estimate of drug-likeness (QED) is 0.360. The number of nitrogens with one attached hydrogen (secondary N) is 1. The van der Waals surface area contributed by atoms with Crippen molar-refractivity contribution in [2.75, 3.05) is 5.32 Å². The Morgan fingerprint density at radius 2 is 1.90 bits per heavy atom. The molecule has 0 saturated carbocycles. The number of rotatable bonds is 3. The van der Waals surface area contributed by atoms with Crippen molar-refractivity contribution in [3.05, 3.63) is 100 Å². The van der Waals surface area contributed by atoms with Crippen molar-refractivity contribution in [2.45, 2.75) is 25.3 Å². The molecule has 0 amide bonds. The number of aryl methyl sites for hydroxylation is 1. The molecule has 2 N–H and O–H groups in total. The van der Waals surface area contributed by atoms with Gasteiger partial charge in [0.05, 0.1) is 11.7 Å². The van der Waals surface area contributed by atoms with Gasteiger partial charge >= 0.3 is 0 Å². The molecule has 0 spiro atoms. The molecule has 3 aromatic carbocycles. The number of allylic oxidation sites excluding steroid dienone is 2. The van der Waals surface area contributed by atoms with Crippen LogP contribution in [0, 0.1) is 12.8 Å². The average molecular weight is 415 g/mol. The third kappa shape index (κ3) is 3.50. The van der Waals surface area contributed by atoms with Crippen molar-refractivity contribution < 1.29 is 5.11 Å². The lowest BCUT2D eigenvalue weighted by molar-refractivity contribution is 0.425. The van der Waals surface area contributed by atoms with Crippen LogP contribution in [-0.2, 0) is 0 Å². The maximum Gasteiger partial charge on any atom is 0.124 e. The fourth-order valence-corrected chi connectivity index (χ4v) is 4.76. The number of benzene rings is 3. The number of phenolic OH excluding ortho intramolecular Hbond substituents is 1. The molecule has 0 radical (unpaired) electrons. The first-order chi connectivity index (χ1) is 14.6. The summed E-state index contributed by atoms with van der Waals surface area (Å²) in [6, 6.07) is 20.2. The summed E-state index contributed by atoms with van der Waals surface area (Å²) in [6.45, 7) is 2.16. The van der Waals surface area contributed by atoms with Gasteiger partial charge < -0.3 is 10.4 Å². The van der Waals surface area contributed by atoms with Crippen LogP contribution >= 0.6 is 11.6 Å². The first-order valence-electron chi connectivity index (χ1n) is 10.2. The van der Waals surface area contributed by atoms with Crippen LogP contribution in [0.3, 0.4) is 0 Å². The van der Waals surface area contributed by atoms with Crippen LogP contribution < -0.4 is 5.32 Å². The second-order valence-corrected chi connectivity index (χ2v) is 8.56. The van der Waals surface area contributed by atoms with Crippen molar-refractivity contribution in [1.29, 1.82) is 0 Å². The molecule has 150 valence electrons. The lowest BCUT2D eigenvalue weighted by atomic mass is 9.76. The highest BCUT2D eigenvalue weighted by Gasteiger charge is 2.37. The molecule has 0 unspecified atom stereocenters. The summed E-state index contributed by atoms with van der Waals surface area (Å²) in [5, 5.41) is 14.3. The summed E-state index contributed by atoms with van der Waals surface area (Å²) < 4.78 is 0. The molecule has 1 aliphatic carbocycles. The van der Waals surface area contributed by atoms with Gasteiger partial charge in [-0.3, -0.25) is 4.99 Å². The van der Waals surface area contributed by atoms with Gasteiger partial charge in [0.2, 0.25) is 0 Å². The topological polar surface area (TPSA) is 44.6 Å². The maximum absolute atomic E-state index is 9.95. The van der Waals surface area contributed by atoms with E-state index in [1.807, 2.05) is 12.1 Å². The number of hydrogen-bond acceptors (Lipinski definition) is 3. The van der Waals surface area contributed by atoms with Gasteiger partial charge in [-0.05, 0) is 66.8 Å². The second-order valence-electron chi connectivity index (χ2n) is 8.12. The van der Waals surface area contributed by atoms with Crippen LogP contribution in [-0.4, -0.2) is 11.3 Å². The molecule has 5 rings (SSSR count). The molecular formula is C26H23ClN2O. The Morgan fingerprint density at radius 1 is 1.07 bits per heavy atom. The predicted octanol–water partition coefficient (Wildman–Crippen LogP) is 6.93. The fraction of sp³-hybridized carbons (Fsp3) is 0.192. The number of nitrogens with zero attached hydrogens (tertiary/aromatic N) is 1. The van der Waals surface area contributed by atoms with Crippen LogP contribution in [0.1, 0.15) is 40.6 Å². The molecule has 30 heavy (non-hydrogen) atoms. The zero-order chi connectivity index (χ0) is 20.7. The normalized spacial score (nSPS) is 22.0. The van der Waals surface area contributed by atoms with Crippen molar-refractivity contribution in [3.8, 4) is 5.75 Å². The molecular weight excluding hydrogens is 392 g/mol. The number of anilines is 1. The highest BCUT2D eigenvalue weighted by molar-refractivity contribution is 6.30. The summed E-state index contributed by atoms with van der Waals surface area (Å²) in [6.07, 6.45) is 7.42. The number of phenols is 1. The standard InChI is InChI=1S/C26H23ClN2O/c1-16-5-11-24-23(13-16)21-3-2-4-22(21)26(29-24)17-6-9-20(10-7-17)28-15-18-14-19(27)8-12-25(18)30/h2-3,5-15,21-22,26,29-30H,4H2,1H3/t21-,22+,26-/m1/s1. The van der Waals surface area contributed by atoms with E-state index in [0.717, 1.165) is 12.1 Å². The van der Waals surface area contributed by atoms with Crippen LogP contribution in [0.5, 0.6) is 5.75 Å². The van der Waals surface area contributed by atoms with Gasteiger partial charge in [-0.1, -0.05) is 53.6 Å². The summed E-state index contributed by atoms with van der Waals surface area (Å²) >= 11 is 6.01. The number of hydrogen-bond donors (Lipinski definition) is 2. The van der Waals surface area contributed by atoms with E-state index < -0.39 is 0 Å².